The second-order valence-corrected chi connectivity index (χ2v) is 4.44. The number of nitrogens with one attached hydrogen (secondary N) is 1. The van der Waals surface area contributed by atoms with Crippen LogP contribution in [0.3, 0.4) is 0 Å². The number of carboxylic acids is 1. The minimum Gasteiger partial charge on any atom is -0.478 e. The molecule has 0 aromatic carbocycles. The van der Waals surface area contributed by atoms with Gasteiger partial charge in [-0.25, -0.2) is 4.79 Å². The van der Waals surface area contributed by atoms with Crippen molar-refractivity contribution in [2.75, 3.05) is 13.2 Å². The first-order valence-corrected chi connectivity index (χ1v) is 5.73. The molecule has 0 aliphatic carbocycles. The number of carboxylic acid groups (broad SMARTS) is 1. The van der Waals surface area contributed by atoms with Gasteiger partial charge in [-0.1, -0.05) is 0 Å². The molecule has 1 saturated heterocycles. The van der Waals surface area contributed by atoms with Crippen LogP contribution in [-0.4, -0.2) is 36.2 Å². The minimum absolute atomic E-state index is 0.00143. The van der Waals surface area contributed by atoms with Crippen LogP contribution in [0.25, 0.3) is 0 Å². The highest BCUT2D eigenvalue weighted by Gasteiger charge is 2.24. The molecule has 1 aliphatic rings. The standard InChI is InChI=1S/C12H19NO4/c1-7(8(2)12(15)16)11(14)13-9(3)10-4-5-17-6-10/h9-10H,4-6H2,1-3H3,(H,13,14)(H,15,16). The van der Waals surface area contributed by atoms with Crippen LogP contribution >= 0.6 is 0 Å². The fourth-order valence-electron chi connectivity index (χ4n) is 1.71. The largest absolute Gasteiger partial charge is 0.478 e. The second-order valence-electron chi connectivity index (χ2n) is 4.44. The van der Waals surface area contributed by atoms with Crippen LogP contribution in [0, 0.1) is 5.92 Å². The van der Waals surface area contributed by atoms with Crippen molar-refractivity contribution in [2.45, 2.75) is 33.2 Å². The van der Waals surface area contributed by atoms with Crippen molar-refractivity contribution in [3.05, 3.63) is 11.1 Å². The molecule has 0 aromatic heterocycles. The van der Waals surface area contributed by atoms with Crippen LogP contribution in [0.15, 0.2) is 11.1 Å². The van der Waals surface area contributed by atoms with Gasteiger partial charge in [0.25, 0.3) is 0 Å². The summed E-state index contributed by atoms with van der Waals surface area (Å²) in [5.41, 5.74) is 0.334. The van der Waals surface area contributed by atoms with Gasteiger partial charge < -0.3 is 15.2 Å². The van der Waals surface area contributed by atoms with Crippen LogP contribution in [0.4, 0.5) is 0 Å². The molecule has 1 aliphatic heterocycles. The molecule has 96 valence electrons. The van der Waals surface area contributed by atoms with E-state index in [2.05, 4.69) is 5.32 Å². The summed E-state index contributed by atoms with van der Waals surface area (Å²) in [4.78, 5) is 22.5. The molecule has 2 atom stereocenters. The molecule has 2 N–H and O–H groups in total. The lowest BCUT2D eigenvalue weighted by molar-refractivity contribution is -0.133. The quantitative estimate of drug-likeness (QED) is 0.718. The average Bonchev–Trinajstić information content (AvgIpc) is 2.80. The molecule has 17 heavy (non-hydrogen) atoms. The summed E-state index contributed by atoms with van der Waals surface area (Å²) in [5.74, 6) is -1.06. The summed E-state index contributed by atoms with van der Waals surface area (Å²) in [6.07, 6.45) is 0.933. The van der Waals surface area contributed by atoms with E-state index < -0.39 is 5.97 Å². The second kappa shape index (κ2) is 5.82. The molecule has 1 amide bonds. The van der Waals surface area contributed by atoms with Gasteiger partial charge in [0.1, 0.15) is 0 Å². The van der Waals surface area contributed by atoms with Gasteiger partial charge in [-0.3, -0.25) is 4.79 Å². The molecule has 0 spiro atoms. The summed E-state index contributed by atoms with van der Waals surface area (Å²) < 4.78 is 5.25. The molecule has 1 fully saturated rings. The Morgan fingerprint density at radius 2 is 2.00 bits per heavy atom. The summed E-state index contributed by atoms with van der Waals surface area (Å²) in [5, 5.41) is 11.6. The van der Waals surface area contributed by atoms with E-state index in [1.54, 1.807) is 0 Å². The monoisotopic (exact) mass is 241 g/mol. The van der Waals surface area contributed by atoms with E-state index in [-0.39, 0.29) is 23.1 Å². The Labute approximate surface area is 101 Å². The predicted molar refractivity (Wildman–Crippen MR) is 62.5 cm³/mol. The number of rotatable bonds is 4. The fraction of sp³-hybridized carbons (Fsp3) is 0.667. The first-order chi connectivity index (χ1) is 7.93. The van der Waals surface area contributed by atoms with E-state index in [1.807, 2.05) is 6.92 Å². The molecule has 5 nitrogen and oxygen atoms in total. The van der Waals surface area contributed by atoms with Crippen LogP contribution in [-0.2, 0) is 14.3 Å². The van der Waals surface area contributed by atoms with Gasteiger partial charge in [0.2, 0.25) is 5.91 Å². The van der Waals surface area contributed by atoms with Crippen molar-refractivity contribution in [3.63, 3.8) is 0 Å². The normalized spacial score (nSPS) is 22.9. The van der Waals surface area contributed by atoms with Crippen LogP contribution in [0.2, 0.25) is 0 Å². The van der Waals surface area contributed by atoms with Crippen molar-refractivity contribution in [2.24, 2.45) is 5.92 Å². The Balaban J connectivity index is 2.59. The molecule has 0 aromatic rings. The first-order valence-electron chi connectivity index (χ1n) is 5.73. The maximum absolute atomic E-state index is 11.8. The first kappa shape index (κ1) is 13.7. The number of hydrogen-bond acceptors (Lipinski definition) is 3. The summed E-state index contributed by atoms with van der Waals surface area (Å²) >= 11 is 0. The molecule has 0 radical (unpaired) electrons. The minimum atomic E-state index is -1.06. The van der Waals surface area contributed by atoms with E-state index in [4.69, 9.17) is 9.84 Å². The Kier molecular flexibility index (Phi) is 4.69. The lowest BCUT2D eigenvalue weighted by atomic mass is 10.00. The number of ether oxygens (including phenoxy) is 1. The molecule has 0 saturated carbocycles. The molecular weight excluding hydrogens is 222 g/mol. The zero-order chi connectivity index (χ0) is 13.0. The maximum atomic E-state index is 11.8. The number of amides is 1. The van der Waals surface area contributed by atoms with Crippen molar-refractivity contribution < 1.29 is 19.4 Å². The van der Waals surface area contributed by atoms with Gasteiger partial charge in [0.05, 0.1) is 6.61 Å². The van der Waals surface area contributed by atoms with Gasteiger partial charge in [0.15, 0.2) is 0 Å². The lowest BCUT2D eigenvalue weighted by Crippen LogP contribution is -2.39. The average molecular weight is 241 g/mol. The highest BCUT2D eigenvalue weighted by molar-refractivity contribution is 6.01. The van der Waals surface area contributed by atoms with Crippen molar-refractivity contribution in [3.8, 4) is 0 Å². The summed E-state index contributed by atoms with van der Waals surface area (Å²) in [7, 11) is 0. The Bertz CT molecular complexity index is 342. The molecule has 2 unspecified atom stereocenters. The van der Waals surface area contributed by atoms with E-state index in [9.17, 15) is 9.59 Å². The third-order valence-electron chi connectivity index (χ3n) is 3.25. The molecule has 1 heterocycles. The van der Waals surface area contributed by atoms with Gasteiger partial charge >= 0.3 is 5.97 Å². The highest BCUT2D eigenvalue weighted by Crippen LogP contribution is 2.17. The zero-order valence-corrected chi connectivity index (χ0v) is 10.4. The van der Waals surface area contributed by atoms with Gasteiger partial charge in [-0.2, -0.15) is 0 Å². The molecule has 0 bridgehead atoms. The third-order valence-corrected chi connectivity index (χ3v) is 3.25. The Hall–Kier alpha value is -1.36. The zero-order valence-electron chi connectivity index (χ0n) is 10.4. The molecule has 5 heteroatoms. The van der Waals surface area contributed by atoms with Crippen molar-refractivity contribution in [1.82, 2.24) is 5.32 Å². The Morgan fingerprint density at radius 3 is 2.47 bits per heavy atom. The van der Waals surface area contributed by atoms with Crippen LogP contribution in [0.5, 0.6) is 0 Å². The molecule has 1 rings (SSSR count). The summed E-state index contributed by atoms with van der Waals surface area (Å²) in [6, 6.07) is 0.00143. The lowest BCUT2D eigenvalue weighted by Gasteiger charge is -2.19. The predicted octanol–water partition coefficient (Wildman–Crippen LogP) is 0.949. The topological polar surface area (TPSA) is 75.6 Å². The summed E-state index contributed by atoms with van der Waals surface area (Å²) in [6.45, 7) is 6.26. The van der Waals surface area contributed by atoms with E-state index >= 15 is 0 Å². The number of aliphatic carboxylic acids is 1. The highest BCUT2D eigenvalue weighted by atomic mass is 16.5. The van der Waals surface area contributed by atoms with E-state index in [0.717, 1.165) is 13.0 Å². The van der Waals surface area contributed by atoms with Crippen LogP contribution in [0.1, 0.15) is 27.2 Å². The van der Waals surface area contributed by atoms with E-state index in [0.29, 0.717) is 12.5 Å². The van der Waals surface area contributed by atoms with Gasteiger partial charge in [-0.05, 0) is 27.2 Å². The van der Waals surface area contributed by atoms with Crippen LogP contribution < -0.4 is 5.32 Å². The van der Waals surface area contributed by atoms with Crippen molar-refractivity contribution in [1.29, 1.82) is 0 Å². The van der Waals surface area contributed by atoms with Gasteiger partial charge in [0, 0.05) is 29.7 Å². The number of carbonyl (C=O) groups excluding carboxylic acids is 1. The van der Waals surface area contributed by atoms with E-state index in [1.165, 1.54) is 13.8 Å². The molecular formula is C12H19NO4. The smallest absolute Gasteiger partial charge is 0.331 e. The third kappa shape index (κ3) is 3.56. The van der Waals surface area contributed by atoms with Crippen molar-refractivity contribution >= 4 is 11.9 Å². The Morgan fingerprint density at radius 1 is 1.35 bits per heavy atom. The maximum Gasteiger partial charge on any atom is 0.331 e. The number of hydrogen-bond donors (Lipinski definition) is 2. The van der Waals surface area contributed by atoms with Gasteiger partial charge in [-0.15, -0.1) is 0 Å². The number of carbonyl (C=O) groups is 2. The fourth-order valence-corrected chi connectivity index (χ4v) is 1.71. The SMILES string of the molecule is CC(C(=O)O)=C(C)C(=O)NC(C)C1CCOC1.